The summed E-state index contributed by atoms with van der Waals surface area (Å²) in [5.74, 6) is 2.70. The third-order valence-corrected chi connectivity index (χ3v) is 10.3. The Hall–Kier alpha value is -1.38. The molecule has 210 valence electrons. The fraction of sp³-hybridized carbons (Fsp3) is 0.931. The van der Waals surface area contributed by atoms with E-state index in [4.69, 9.17) is 14.2 Å². The number of methoxy groups -OCH3 is 1. The molecule has 2 amide bonds. The summed E-state index contributed by atoms with van der Waals surface area (Å²) in [6.07, 6.45) is 6.81. The summed E-state index contributed by atoms with van der Waals surface area (Å²) in [5.41, 5.74) is -0.408. The van der Waals surface area contributed by atoms with Crippen LogP contribution >= 0.6 is 0 Å². The van der Waals surface area contributed by atoms with Gasteiger partial charge in [-0.2, -0.15) is 0 Å². The van der Waals surface area contributed by atoms with Gasteiger partial charge in [-0.3, -0.25) is 9.69 Å². The highest BCUT2D eigenvalue weighted by Gasteiger charge is 2.61. The van der Waals surface area contributed by atoms with Crippen molar-refractivity contribution in [3.8, 4) is 0 Å². The van der Waals surface area contributed by atoms with Crippen LogP contribution in [0.3, 0.4) is 0 Å². The third-order valence-electron chi connectivity index (χ3n) is 10.3. The van der Waals surface area contributed by atoms with Crippen molar-refractivity contribution < 1.29 is 23.8 Å². The lowest BCUT2D eigenvalue weighted by atomic mass is 9.57. The van der Waals surface area contributed by atoms with Crippen LogP contribution < -0.4 is 0 Å². The van der Waals surface area contributed by atoms with Crippen LogP contribution in [0.1, 0.15) is 66.2 Å². The summed E-state index contributed by atoms with van der Waals surface area (Å²) in [4.78, 5) is 32.7. The van der Waals surface area contributed by atoms with Gasteiger partial charge >= 0.3 is 6.09 Å². The Morgan fingerprint density at radius 2 is 1.70 bits per heavy atom. The summed E-state index contributed by atoms with van der Waals surface area (Å²) < 4.78 is 17.2. The fourth-order valence-electron chi connectivity index (χ4n) is 8.69. The van der Waals surface area contributed by atoms with E-state index in [0.29, 0.717) is 29.8 Å². The largest absolute Gasteiger partial charge is 0.444 e. The summed E-state index contributed by atoms with van der Waals surface area (Å²) in [5, 5.41) is 0. The Bertz CT molecular complexity index is 830. The molecule has 5 unspecified atom stereocenters. The normalized spacial score (nSPS) is 36.2. The molecular formula is C29H49N3O5. The average Bonchev–Trinajstić information content (AvgIpc) is 3.25. The monoisotopic (exact) mass is 519 g/mol. The van der Waals surface area contributed by atoms with Crippen molar-refractivity contribution in [3.63, 3.8) is 0 Å². The van der Waals surface area contributed by atoms with Crippen molar-refractivity contribution in [2.75, 3.05) is 59.6 Å². The van der Waals surface area contributed by atoms with E-state index in [2.05, 4.69) is 9.80 Å². The second kappa shape index (κ2) is 10.6. The second-order valence-corrected chi connectivity index (χ2v) is 13.5. The third kappa shape index (κ3) is 5.53. The lowest BCUT2D eigenvalue weighted by Crippen LogP contribution is -2.64. The van der Waals surface area contributed by atoms with Crippen molar-refractivity contribution >= 4 is 12.0 Å². The molecule has 3 aliphatic heterocycles. The van der Waals surface area contributed by atoms with Crippen LogP contribution in [-0.4, -0.2) is 104 Å². The van der Waals surface area contributed by atoms with Crippen molar-refractivity contribution in [3.05, 3.63) is 0 Å². The number of carbonyl (C=O) groups is 2. The van der Waals surface area contributed by atoms with Gasteiger partial charge in [-0.15, -0.1) is 0 Å². The number of rotatable bonds is 3. The molecule has 0 aromatic carbocycles. The number of ether oxygens (including phenoxy) is 3. The van der Waals surface area contributed by atoms with Crippen molar-refractivity contribution in [2.45, 2.75) is 84.0 Å². The number of hydrogen-bond acceptors (Lipinski definition) is 6. The van der Waals surface area contributed by atoms with Gasteiger partial charge in [0.1, 0.15) is 5.60 Å². The van der Waals surface area contributed by atoms with Gasteiger partial charge in [0.05, 0.1) is 19.3 Å². The first-order valence-electron chi connectivity index (χ1n) is 14.7. The minimum atomic E-state index is -0.487. The number of likely N-dealkylation sites (tertiary alicyclic amines) is 2. The highest BCUT2D eigenvalue weighted by Crippen LogP contribution is 2.62. The van der Waals surface area contributed by atoms with Crippen LogP contribution in [0.25, 0.3) is 0 Å². The number of hydrogen-bond donors (Lipinski definition) is 0. The van der Waals surface area contributed by atoms with Gasteiger partial charge in [-0.05, 0) is 88.4 Å². The van der Waals surface area contributed by atoms with Crippen molar-refractivity contribution in [1.29, 1.82) is 0 Å². The topological polar surface area (TPSA) is 71.5 Å². The zero-order valence-electron chi connectivity index (χ0n) is 23.7. The predicted molar refractivity (Wildman–Crippen MR) is 141 cm³/mol. The first-order chi connectivity index (χ1) is 17.6. The van der Waals surface area contributed by atoms with E-state index in [1.54, 1.807) is 6.92 Å². The molecule has 3 heterocycles. The van der Waals surface area contributed by atoms with Gasteiger partial charge in [0.25, 0.3) is 0 Å². The molecule has 0 aromatic heterocycles. The fourth-order valence-corrected chi connectivity index (χ4v) is 8.69. The molecule has 5 fully saturated rings. The lowest BCUT2D eigenvalue weighted by Gasteiger charge is -2.58. The smallest absolute Gasteiger partial charge is 0.410 e. The van der Waals surface area contributed by atoms with E-state index < -0.39 is 5.60 Å². The molecule has 1 spiro atoms. The molecule has 8 nitrogen and oxygen atoms in total. The first kappa shape index (κ1) is 27.2. The maximum atomic E-state index is 13.2. The predicted octanol–water partition coefficient (Wildman–Crippen LogP) is 3.63. The maximum absolute atomic E-state index is 13.2. The zero-order chi connectivity index (χ0) is 26.4. The van der Waals surface area contributed by atoms with E-state index in [1.807, 2.05) is 32.8 Å². The molecule has 0 radical (unpaired) electrons. The zero-order valence-corrected chi connectivity index (χ0v) is 23.7. The maximum Gasteiger partial charge on any atom is 0.410 e. The SMILES string of the molecule is COC1CCC2C(C1)CC1C2C2(CCN(C(=O)OC(C)(C)C)CC2)CN(C(C)=O)[C@H]1CN1CCOCC1. The van der Waals surface area contributed by atoms with Gasteiger partial charge in [0.2, 0.25) is 5.91 Å². The molecule has 0 bridgehead atoms. The lowest BCUT2D eigenvalue weighted by molar-refractivity contribution is -0.150. The van der Waals surface area contributed by atoms with E-state index >= 15 is 0 Å². The molecule has 3 saturated heterocycles. The van der Waals surface area contributed by atoms with Crippen LogP contribution in [0.15, 0.2) is 0 Å². The Morgan fingerprint density at radius 3 is 2.32 bits per heavy atom. The number of fused-ring (bicyclic) bond motifs is 4. The first-order valence-corrected chi connectivity index (χ1v) is 14.7. The molecule has 5 aliphatic rings. The summed E-state index contributed by atoms with van der Waals surface area (Å²) in [6, 6.07) is 0.265. The molecule has 2 aliphatic carbocycles. The van der Waals surface area contributed by atoms with Crippen molar-refractivity contribution in [2.24, 2.45) is 29.1 Å². The number of amides is 2. The molecule has 37 heavy (non-hydrogen) atoms. The van der Waals surface area contributed by atoms with E-state index in [0.717, 1.165) is 78.2 Å². The molecule has 6 atom stereocenters. The van der Waals surface area contributed by atoms with Gasteiger partial charge < -0.3 is 24.0 Å². The van der Waals surface area contributed by atoms with E-state index in [1.165, 1.54) is 12.8 Å². The molecule has 8 heteroatoms. The molecule has 0 aromatic rings. The number of carbonyl (C=O) groups excluding carboxylic acids is 2. The number of morpholine rings is 1. The van der Waals surface area contributed by atoms with Crippen LogP contribution in [0.4, 0.5) is 4.79 Å². The minimum absolute atomic E-state index is 0.0791. The van der Waals surface area contributed by atoms with Crippen LogP contribution in [-0.2, 0) is 19.0 Å². The van der Waals surface area contributed by atoms with Crippen molar-refractivity contribution in [1.82, 2.24) is 14.7 Å². The van der Waals surface area contributed by atoms with E-state index in [9.17, 15) is 9.59 Å². The quantitative estimate of drug-likeness (QED) is 0.567. The van der Waals surface area contributed by atoms with E-state index in [-0.39, 0.29) is 23.5 Å². The molecular weight excluding hydrogens is 470 g/mol. The molecule has 2 saturated carbocycles. The Kier molecular flexibility index (Phi) is 7.83. The van der Waals surface area contributed by atoms with Gasteiger partial charge in [-0.25, -0.2) is 4.79 Å². The van der Waals surface area contributed by atoms with Crippen LogP contribution in [0.2, 0.25) is 0 Å². The molecule has 5 rings (SSSR count). The highest BCUT2D eigenvalue weighted by atomic mass is 16.6. The summed E-state index contributed by atoms with van der Waals surface area (Å²) >= 11 is 0. The van der Waals surface area contributed by atoms with Gasteiger partial charge in [-0.1, -0.05) is 0 Å². The average molecular weight is 520 g/mol. The second-order valence-electron chi connectivity index (χ2n) is 13.5. The van der Waals surface area contributed by atoms with Gasteiger partial charge in [0, 0.05) is 59.3 Å². The number of nitrogens with zero attached hydrogens (tertiary/aromatic N) is 3. The Labute approximate surface area is 223 Å². The van der Waals surface area contributed by atoms with Crippen LogP contribution in [0, 0.1) is 29.1 Å². The standard InChI is InChI=1S/C29H49N3O5/c1-20(33)32-19-29(8-10-31(11-9-29)27(34)37-28(2,3)4)26-23-7-6-22(35-5)16-21(23)17-24(26)25(32)18-30-12-14-36-15-13-30/h21-26H,6-19H2,1-5H3/t21?,22?,23?,24?,25-,26?/m0/s1. The Balaban J connectivity index is 1.41. The van der Waals surface area contributed by atoms with Crippen LogP contribution in [0.5, 0.6) is 0 Å². The Morgan fingerprint density at radius 1 is 1.00 bits per heavy atom. The minimum Gasteiger partial charge on any atom is -0.444 e. The summed E-state index contributed by atoms with van der Waals surface area (Å²) in [6.45, 7) is 14.2. The number of piperidine rings is 2. The van der Waals surface area contributed by atoms with Gasteiger partial charge in [0.15, 0.2) is 0 Å². The molecule has 0 N–H and O–H groups in total. The highest BCUT2D eigenvalue weighted by molar-refractivity contribution is 5.74. The summed E-state index contributed by atoms with van der Waals surface area (Å²) in [7, 11) is 1.86.